The molecular formula is C45H50O18. The molecule has 0 aliphatic carbocycles. The van der Waals surface area contributed by atoms with E-state index in [4.69, 9.17) is 52.1 Å². The van der Waals surface area contributed by atoms with Crippen LogP contribution in [0.5, 0.6) is 0 Å². The molecule has 63 heavy (non-hydrogen) atoms. The van der Waals surface area contributed by atoms with Gasteiger partial charge in [-0.1, -0.05) is 91.0 Å². The molecule has 3 aromatic carbocycles. The fourth-order valence-corrected chi connectivity index (χ4v) is 7.51. The molecule has 10 unspecified atom stereocenters. The number of carbonyl (C=O) groups excluding carboxylic acids is 7. The second-order valence-corrected chi connectivity index (χ2v) is 14.6. The first kappa shape index (κ1) is 47.8. The lowest BCUT2D eigenvalue weighted by atomic mass is 9.80. The molecule has 2 aliphatic rings. The first-order valence-corrected chi connectivity index (χ1v) is 19.9. The average Bonchev–Trinajstić information content (AvgIpc) is 3.22. The average molecular weight is 879 g/mol. The second-order valence-electron chi connectivity index (χ2n) is 14.6. The summed E-state index contributed by atoms with van der Waals surface area (Å²) in [5.74, 6) is -6.08. The van der Waals surface area contributed by atoms with E-state index in [-0.39, 0.29) is 0 Å². The zero-order valence-corrected chi connectivity index (χ0v) is 35.7. The Hall–Kier alpha value is -6.21. The van der Waals surface area contributed by atoms with Crippen molar-refractivity contribution in [3.63, 3.8) is 0 Å². The Morgan fingerprint density at radius 3 is 1.17 bits per heavy atom. The van der Waals surface area contributed by atoms with Crippen molar-refractivity contribution in [1.82, 2.24) is 0 Å². The number of hydrogen-bond acceptors (Lipinski definition) is 18. The van der Waals surface area contributed by atoms with Gasteiger partial charge in [-0.2, -0.15) is 0 Å². The van der Waals surface area contributed by atoms with Gasteiger partial charge >= 0.3 is 41.8 Å². The SMILES string of the molecule is CC(=O)OCC1OC(OC2C(COC(c3ccccc3)(c3ccccc3)c3ccccc3)OC(OC(C)=O)C(OC(C)=O)C2OC(C)=O)C(OC(C)=O)C(OC(C)=O)C1OC(C)=O. The molecular weight excluding hydrogens is 828 g/mol. The van der Waals surface area contributed by atoms with Crippen molar-refractivity contribution >= 4 is 41.8 Å². The van der Waals surface area contributed by atoms with Crippen molar-refractivity contribution in [3.8, 4) is 0 Å². The molecule has 0 bridgehead atoms. The number of hydrogen-bond donors (Lipinski definition) is 0. The minimum Gasteiger partial charge on any atom is -0.463 e. The summed E-state index contributed by atoms with van der Waals surface area (Å²) in [5, 5.41) is 0. The van der Waals surface area contributed by atoms with Gasteiger partial charge in [0.1, 0.15) is 30.5 Å². The van der Waals surface area contributed by atoms with Crippen molar-refractivity contribution in [2.45, 2.75) is 115 Å². The molecule has 5 rings (SSSR count). The molecule has 0 N–H and O–H groups in total. The molecule has 2 heterocycles. The van der Waals surface area contributed by atoms with Gasteiger partial charge in [-0.15, -0.1) is 0 Å². The molecule has 0 aromatic heterocycles. The topological polar surface area (TPSA) is 221 Å². The van der Waals surface area contributed by atoms with Gasteiger partial charge in [0.15, 0.2) is 30.7 Å². The minimum absolute atomic E-state index is 0.461. The predicted molar refractivity (Wildman–Crippen MR) is 214 cm³/mol. The Morgan fingerprint density at radius 1 is 0.413 bits per heavy atom. The molecule has 2 fully saturated rings. The van der Waals surface area contributed by atoms with Gasteiger partial charge in [-0.3, -0.25) is 33.6 Å². The molecule has 0 amide bonds. The molecule has 2 saturated heterocycles. The molecule has 10 atom stereocenters. The molecule has 18 nitrogen and oxygen atoms in total. The molecule has 0 radical (unpaired) electrons. The first-order valence-electron chi connectivity index (χ1n) is 19.9. The van der Waals surface area contributed by atoms with Crippen LogP contribution in [0.4, 0.5) is 0 Å². The van der Waals surface area contributed by atoms with E-state index in [0.717, 1.165) is 48.5 Å². The van der Waals surface area contributed by atoms with Crippen molar-refractivity contribution in [1.29, 1.82) is 0 Å². The standard InChI is InChI=1S/C45H50O18/c1-25(46)53-23-35-37(55-26(2)47)39(56-27(3)48)42(59-30(6)51)44(61-35)63-38-36(62-43(60-31(7)52)41(58-29(5)50)40(38)57-28(4)49)24-54-45(32-17-11-8-12-18-32,33-19-13-9-14-20-33)34-21-15-10-16-22-34/h8-22,35-44H,23-24H2,1-7H3. The highest BCUT2D eigenvalue weighted by Gasteiger charge is 2.58. The van der Waals surface area contributed by atoms with Gasteiger partial charge in [0.2, 0.25) is 12.4 Å². The maximum atomic E-state index is 13.0. The van der Waals surface area contributed by atoms with Crippen molar-refractivity contribution < 1.29 is 85.7 Å². The molecule has 3 aromatic rings. The lowest BCUT2D eigenvalue weighted by Gasteiger charge is -2.49. The van der Waals surface area contributed by atoms with Gasteiger partial charge in [0, 0.05) is 48.5 Å². The third-order valence-electron chi connectivity index (χ3n) is 9.72. The van der Waals surface area contributed by atoms with Gasteiger partial charge < -0.3 is 52.1 Å². The van der Waals surface area contributed by atoms with Crippen LogP contribution in [-0.4, -0.2) is 116 Å². The van der Waals surface area contributed by atoms with Crippen molar-refractivity contribution in [2.24, 2.45) is 0 Å². The van der Waals surface area contributed by atoms with E-state index in [1.807, 2.05) is 91.0 Å². The summed E-state index contributed by atoms with van der Waals surface area (Å²) in [6, 6.07) is 27.8. The molecule has 2 aliphatic heterocycles. The van der Waals surface area contributed by atoms with Gasteiger partial charge in [0.25, 0.3) is 0 Å². The minimum atomic E-state index is -1.84. The Labute approximate surface area is 363 Å². The van der Waals surface area contributed by atoms with E-state index >= 15 is 0 Å². The Balaban J connectivity index is 1.71. The summed E-state index contributed by atoms with van der Waals surface area (Å²) in [6.45, 7) is 6.47. The number of ether oxygens (including phenoxy) is 11. The van der Waals surface area contributed by atoms with E-state index in [1.165, 1.54) is 0 Å². The Morgan fingerprint density at radius 2 is 0.762 bits per heavy atom. The van der Waals surface area contributed by atoms with E-state index in [2.05, 4.69) is 0 Å². The first-order chi connectivity index (χ1) is 30.0. The van der Waals surface area contributed by atoms with E-state index < -0.39 is 122 Å². The fraction of sp³-hybridized carbons (Fsp3) is 0.444. The summed E-state index contributed by atoms with van der Waals surface area (Å²) >= 11 is 0. The molecule has 0 spiro atoms. The normalized spacial score (nSPS) is 25.6. The number of rotatable bonds is 16. The maximum Gasteiger partial charge on any atom is 0.305 e. The van der Waals surface area contributed by atoms with E-state index in [0.29, 0.717) is 16.7 Å². The van der Waals surface area contributed by atoms with Crippen LogP contribution in [0.1, 0.15) is 65.2 Å². The lowest BCUT2D eigenvalue weighted by molar-refractivity contribution is -0.359. The summed E-state index contributed by atoms with van der Waals surface area (Å²) in [7, 11) is 0. The Bertz CT molecular complexity index is 1960. The smallest absolute Gasteiger partial charge is 0.305 e. The summed E-state index contributed by atoms with van der Waals surface area (Å²) in [4.78, 5) is 88.0. The van der Waals surface area contributed by atoms with Crippen LogP contribution in [0.2, 0.25) is 0 Å². The van der Waals surface area contributed by atoms with Crippen LogP contribution >= 0.6 is 0 Å². The second kappa shape index (κ2) is 21.7. The number of esters is 7. The Kier molecular flexibility index (Phi) is 16.5. The quantitative estimate of drug-likeness (QED) is 0.114. The third-order valence-corrected chi connectivity index (χ3v) is 9.72. The summed E-state index contributed by atoms with van der Waals surface area (Å²) < 4.78 is 65.3. The van der Waals surface area contributed by atoms with Gasteiger partial charge in [0.05, 0.1) is 6.61 Å². The van der Waals surface area contributed by atoms with Crippen molar-refractivity contribution in [2.75, 3.05) is 13.2 Å². The molecule has 338 valence electrons. The van der Waals surface area contributed by atoms with E-state index in [1.54, 1.807) is 0 Å². The van der Waals surface area contributed by atoms with Gasteiger partial charge in [-0.25, -0.2) is 0 Å². The number of benzene rings is 3. The fourth-order valence-electron chi connectivity index (χ4n) is 7.51. The van der Waals surface area contributed by atoms with Crippen molar-refractivity contribution in [3.05, 3.63) is 108 Å². The zero-order chi connectivity index (χ0) is 45.8. The molecule has 0 saturated carbocycles. The highest BCUT2D eigenvalue weighted by molar-refractivity contribution is 5.69. The largest absolute Gasteiger partial charge is 0.463 e. The summed E-state index contributed by atoms with van der Waals surface area (Å²) in [6.07, 6.45) is -16.4. The highest BCUT2D eigenvalue weighted by Crippen LogP contribution is 2.42. The maximum absolute atomic E-state index is 13.0. The highest BCUT2D eigenvalue weighted by atomic mass is 16.8. The number of carbonyl (C=O) groups is 7. The van der Waals surface area contributed by atoms with Gasteiger partial charge in [-0.05, 0) is 16.7 Å². The molecule has 18 heteroatoms. The zero-order valence-electron chi connectivity index (χ0n) is 35.7. The lowest BCUT2D eigenvalue weighted by Crippen LogP contribution is -2.67. The van der Waals surface area contributed by atoms with E-state index in [9.17, 15) is 33.6 Å². The van der Waals surface area contributed by atoms with Crippen LogP contribution in [-0.2, 0) is 91.3 Å². The van der Waals surface area contributed by atoms with Crippen LogP contribution in [0.3, 0.4) is 0 Å². The van der Waals surface area contributed by atoms with Crippen LogP contribution in [0, 0.1) is 0 Å². The third kappa shape index (κ3) is 12.3. The monoisotopic (exact) mass is 878 g/mol. The van der Waals surface area contributed by atoms with Crippen LogP contribution < -0.4 is 0 Å². The van der Waals surface area contributed by atoms with Crippen LogP contribution in [0.15, 0.2) is 91.0 Å². The summed E-state index contributed by atoms with van der Waals surface area (Å²) in [5.41, 5.74) is 0.663. The van der Waals surface area contributed by atoms with Crippen LogP contribution in [0.25, 0.3) is 0 Å². The predicted octanol–water partition coefficient (Wildman–Crippen LogP) is 3.61.